The zero-order chi connectivity index (χ0) is 5.91. The first-order valence-corrected chi connectivity index (χ1v) is 3.05. The lowest BCUT2D eigenvalue weighted by molar-refractivity contribution is 0.876. The minimum atomic E-state index is -1.10. The van der Waals surface area contributed by atoms with E-state index in [1.165, 1.54) is 0 Å². The Morgan fingerprint density at radius 2 is 1.71 bits per heavy atom. The summed E-state index contributed by atoms with van der Waals surface area (Å²) >= 11 is 16.0. The zero-order valence-corrected chi connectivity index (χ0v) is 6.02. The van der Waals surface area contributed by atoms with Crippen molar-refractivity contribution in [1.29, 1.82) is 0 Å². The molecule has 0 aromatic carbocycles. The molecule has 0 bridgehead atoms. The average Bonchev–Trinajstić information content (AvgIpc) is 1.30. The van der Waals surface area contributed by atoms with Crippen LogP contribution in [0.4, 0.5) is 0 Å². The Labute approximate surface area is 58.7 Å². The summed E-state index contributed by atoms with van der Waals surface area (Å²) in [5, 5.41) is 0. The first-order chi connectivity index (χ1) is 3.06. The van der Waals surface area contributed by atoms with Gasteiger partial charge < -0.3 is 0 Å². The second kappa shape index (κ2) is 3.01. The highest BCUT2D eigenvalue weighted by molar-refractivity contribution is 6.67. The maximum Gasteiger partial charge on any atom is 0.190 e. The van der Waals surface area contributed by atoms with Crippen molar-refractivity contribution < 1.29 is 0 Å². The third-order valence-electron chi connectivity index (χ3n) is 0.460. The second-order valence-electron chi connectivity index (χ2n) is 1.22. The molecule has 0 heterocycles. The number of hydrogen-bond donors (Lipinski definition) is 0. The van der Waals surface area contributed by atoms with Gasteiger partial charge in [-0.3, -0.25) is 0 Å². The van der Waals surface area contributed by atoms with Crippen LogP contribution < -0.4 is 0 Å². The highest BCUT2D eigenvalue weighted by Gasteiger charge is 2.16. The van der Waals surface area contributed by atoms with E-state index in [1.807, 2.05) is 0 Å². The second-order valence-corrected chi connectivity index (χ2v) is 3.73. The fourth-order valence-electron chi connectivity index (χ4n) is 0.200. The van der Waals surface area contributed by atoms with Gasteiger partial charge in [0, 0.05) is 0 Å². The summed E-state index contributed by atoms with van der Waals surface area (Å²) in [6, 6.07) is 0. The summed E-state index contributed by atoms with van der Waals surface area (Å²) in [4.78, 5) is 0. The predicted molar refractivity (Wildman–Crippen MR) is 34.9 cm³/mol. The molecule has 0 amide bonds. The Morgan fingerprint density at radius 3 is 1.71 bits per heavy atom. The molecule has 0 rings (SSSR count). The Morgan fingerprint density at radius 1 is 1.29 bits per heavy atom. The largest absolute Gasteiger partial charge is 0.190 e. The normalized spacial score (nSPS) is 12.0. The number of alkyl halides is 3. The van der Waals surface area contributed by atoms with Crippen molar-refractivity contribution in [3.05, 3.63) is 6.92 Å². The first-order valence-electron chi connectivity index (χ1n) is 1.92. The molecule has 0 saturated heterocycles. The predicted octanol–water partition coefficient (Wildman–Crippen LogP) is 2.97. The van der Waals surface area contributed by atoms with Crippen molar-refractivity contribution >= 4 is 34.8 Å². The molecule has 7 heavy (non-hydrogen) atoms. The maximum absolute atomic E-state index is 5.32. The van der Waals surface area contributed by atoms with Crippen LogP contribution in [0.25, 0.3) is 0 Å². The monoisotopic (exact) mass is 159 g/mol. The molecule has 0 N–H and O–H groups in total. The van der Waals surface area contributed by atoms with Crippen molar-refractivity contribution in [1.82, 2.24) is 0 Å². The molecular formula is C4H6Cl3. The summed E-state index contributed by atoms with van der Waals surface area (Å²) in [7, 11) is 0. The van der Waals surface area contributed by atoms with Crippen molar-refractivity contribution in [2.24, 2.45) is 0 Å². The van der Waals surface area contributed by atoms with E-state index in [0.717, 1.165) is 0 Å². The van der Waals surface area contributed by atoms with Crippen LogP contribution >= 0.6 is 34.8 Å². The summed E-state index contributed by atoms with van der Waals surface area (Å²) in [5.74, 6) is 0. The lowest BCUT2D eigenvalue weighted by atomic mass is 10.4. The van der Waals surface area contributed by atoms with Crippen LogP contribution in [0.3, 0.4) is 0 Å². The van der Waals surface area contributed by atoms with Gasteiger partial charge in [-0.05, 0) is 12.8 Å². The molecule has 0 aliphatic carbocycles. The van der Waals surface area contributed by atoms with Gasteiger partial charge in [0.05, 0.1) is 0 Å². The van der Waals surface area contributed by atoms with E-state index < -0.39 is 3.79 Å². The summed E-state index contributed by atoms with van der Waals surface area (Å²) in [5.41, 5.74) is 0. The summed E-state index contributed by atoms with van der Waals surface area (Å²) in [6.45, 7) is 3.52. The lowest BCUT2D eigenvalue weighted by Gasteiger charge is -2.05. The van der Waals surface area contributed by atoms with E-state index in [-0.39, 0.29) is 0 Å². The average molecular weight is 160 g/mol. The van der Waals surface area contributed by atoms with E-state index in [2.05, 4.69) is 6.92 Å². The summed E-state index contributed by atoms with van der Waals surface area (Å²) < 4.78 is -1.10. The van der Waals surface area contributed by atoms with Crippen LogP contribution in [0, 0.1) is 6.92 Å². The van der Waals surface area contributed by atoms with E-state index in [0.29, 0.717) is 12.8 Å². The fraction of sp³-hybridized carbons (Fsp3) is 0.750. The van der Waals surface area contributed by atoms with E-state index in [1.54, 1.807) is 0 Å². The zero-order valence-electron chi connectivity index (χ0n) is 3.76. The van der Waals surface area contributed by atoms with Crippen LogP contribution in [0.15, 0.2) is 0 Å². The lowest BCUT2D eigenvalue weighted by Crippen LogP contribution is -1.98. The molecule has 0 unspecified atom stereocenters. The van der Waals surface area contributed by atoms with Crippen molar-refractivity contribution in [2.45, 2.75) is 16.6 Å². The molecular weight excluding hydrogens is 154 g/mol. The van der Waals surface area contributed by atoms with E-state index in [9.17, 15) is 0 Å². The van der Waals surface area contributed by atoms with Crippen molar-refractivity contribution in [3.8, 4) is 0 Å². The number of halogens is 3. The Bertz CT molecular complexity index is 45.4. The van der Waals surface area contributed by atoms with Crippen LogP contribution in [0.2, 0.25) is 0 Å². The maximum atomic E-state index is 5.32. The van der Waals surface area contributed by atoms with E-state index in [4.69, 9.17) is 34.8 Å². The molecule has 0 fully saturated rings. The minimum absolute atomic E-state index is 0.525. The Hall–Kier alpha value is 0.870. The third-order valence-corrected chi connectivity index (χ3v) is 1.03. The van der Waals surface area contributed by atoms with Crippen LogP contribution in [0.5, 0.6) is 0 Å². The standard InChI is InChI=1S/C4H6Cl3/c1-2-3-4(5,6)7/h1-3H2. The van der Waals surface area contributed by atoms with Gasteiger partial charge in [0.2, 0.25) is 0 Å². The molecule has 3 heteroatoms. The van der Waals surface area contributed by atoms with Crippen molar-refractivity contribution in [3.63, 3.8) is 0 Å². The first kappa shape index (κ1) is 7.87. The van der Waals surface area contributed by atoms with Gasteiger partial charge in [-0.25, -0.2) is 0 Å². The van der Waals surface area contributed by atoms with Crippen molar-refractivity contribution in [2.75, 3.05) is 0 Å². The molecule has 0 aliphatic heterocycles. The van der Waals surface area contributed by atoms with Crippen LogP contribution in [-0.4, -0.2) is 3.79 Å². The molecule has 0 spiro atoms. The fourth-order valence-corrected chi connectivity index (χ4v) is 0.601. The van der Waals surface area contributed by atoms with Gasteiger partial charge in [-0.1, -0.05) is 41.7 Å². The van der Waals surface area contributed by atoms with Crippen LogP contribution in [0.1, 0.15) is 12.8 Å². The van der Waals surface area contributed by atoms with Gasteiger partial charge in [-0.2, -0.15) is 0 Å². The minimum Gasteiger partial charge on any atom is -0.0837 e. The van der Waals surface area contributed by atoms with Gasteiger partial charge in [0.1, 0.15) is 0 Å². The highest BCUT2D eigenvalue weighted by Crippen LogP contribution is 2.30. The SMILES string of the molecule is [CH2]CCC(Cl)(Cl)Cl. The van der Waals surface area contributed by atoms with Gasteiger partial charge in [0.25, 0.3) is 0 Å². The molecule has 0 saturated carbocycles. The highest BCUT2D eigenvalue weighted by atomic mass is 35.6. The van der Waals surface area contributed by atoms with Gasteiger partial charge in [-0.15, -0.1) is 0 Å². The number of rotatable bonds is 1. The number of hydrogen-bond acceptors (Lipinski definition) is 0. The van der Waals surface area contributed by atoms with Crippen LogP contribution in [-0.2, 0) is 0 Å². The molecule has 0 aliphatic rings. The van der Waals surface area contributed by atoms with Gasteiger partial charge >= 0.3 is 0 Å². The molecule has 43 valence electrons. The third kappa shape index (κ3) is 6.87. The smallest absolute Gasteiger partial charge is 0.0837 e. The Balaban J connectivity index is 3.15. The molecule has 0 atom stereocenters. The molecule has 0 nitrogen and oxygen atoms in total. The molecule has 0 aromatic heterocycles. The molecule has 0 aromatic rings. The quantitative estimate of drug-likeness (QED) is 0.517. The van der Waals surface area contributed by atoms with E-state index >= 15 is 0 Å². The molecule has 1 radical (unpaired) electrons. The van der Waals surface area contributed by atoms with Gasteiger partial charge in [0.15, 0.2) is 3.79 Å². The topological polar surface area (TPSA) is 0 Å². The Kier molecular flexibility index (Phi) is 3.38. The summed E-state index contributed by atoms with van der Waals surface area (Å²) in [6.07, 6.45) is 1.19.